The number of carbonyl (C=O) groups excluding carboxylic acids is 1. The van der Waals surface area contributed by atoms with E-state index in [-0.39, 0.29) is 12.0 Å². The number of aliphatic carboxylic acids is 1. The number of hydrogen-bond acceptors (Lipinski definition) is 7. The SMILES string of the molecule is CCC[C@H](NC(=O)COc1ccc2c(=O)c(-c3csc(C)n3)coc2c1)C(=O)O. The van der Waals surface area contributed by atoms with E-state index in [0.29, 0.717) is 40.8 Å². The second-order valence-electron chi connectivity index (χ2n) is 6.42. The van der Waals surface area contributed by atoms with Crippen LogP contribution in [0.3, 0.4) is 0 Å². The van der Waals surface area contributed by atoms with Gasteiger partial charge in [-0.25, -0.2) is 9.78 Å². The molecule has 3 rings (SSSR count). The molecule has 0 aliphatic rings. The molecular weight excluding hydrogens is 396 g/mol. The minimum Gasteiger partial charge on any atom is -0.484 e. The Morgan fingerprint density at radius 2 is 2.17 bits per heavy atom. The van der Waals surface area contributed by atoms with Gasteiger partial charge in [0, 0.05) is 11.4 Å². The van der Waals surface area contributed by atoms with Gasteiger partial charge in [-0.2, -0.15) is 0 Å². The monoisotopic (exact) mass is 416 g/mol. The van der Waals surface area contributed by atoms with Crippen molar-refractivity contribution in [2.45, 2.75) is 32.7 Å². The lowest BCUT2D eigenvalue weighted by Crippen LogP contribution is -2.42. The summed E-state index contributed by atoms with van der Waals surface area (Å²) in [7, 11) is 0. The highest BCUT2D eigenvalue weighted by Crippen LogP contribution is 2.24. The zero-order valence-corrected chi connectivity index (χ0v) is 16.7. The number of ether oxygens (including phenoxy) is 1. The van der Waals surface area contributed by atoms with Crippen LogP contribution >= 0.6 is 11.3 Å². The van der Waals surface area contributed by atoms with Crippen molar-refractivity contribution in [1.29, 1.82) is 0 Å². The Bertz CT molecular complexity index is 1100. The molecule has 29 heavy (non-hydrogen) atoms. The number of thiazole rings is 1. The summed E-state index contributed by atoms with van der Waals surface area (Å²) in [6, 6.07) is 3.69. The highest BCUT2D eigenvalue weighted by molar-refractivity contribution is 7.09. The van der Waals surface area contributed by atoms with Gasteiger partial charge in [-0.15, -0.1) is 11.3 Å². The van der Waals surface area contributed by atoms with Gasteiger partial charge in [-0.3, -0.25) is 9.59 Å². The number of aromatic nitrogens is 1. The maximum atomic E-state index is 12.7. The first kappa shape index (κ1) is 20.5. The van der Waals surface area contributed by atoms with E-state index in [9.17, 15) is 14.4 Å². The molecule has 0 spiro atoms. The van der Waals surface area contributed by atoms with Crippen LogP contribution in [0.25, 0.3) is 22.2 Å². The average Bonchev–Trinajstić information content (AvgIpc) is 3.12. The largest absolute Gasteiger partial charge is 0.484 e. The van der Waals surface area contributed by atoms with E-state index in [4.69, 9.17) is 14.3 Å². The Hall–Kier alpha value is -3.20. The number of amides is 1. The van der Waals surface area contributed by atoms with Gasteiger partial charge in [0.1, 0.15) is 23.6 Å². The minimum absolute atomic E-state index is 0.204. The fraction of sp³-hybridized carbons (Fsp3) is 0.300. The number of hydrogen-bond donors (Lipinski definition) is 2. The predicted octanol–water partition coefficient (Wildman–Crippen LogP) is 2.97. The maximum Gasteiger partial charge on any atom is 0.326 e. The topological polar surface area (TPSA) is 119 Å². The van der Waals surface area contributed by atoms with Gasteiger partial charge >= 0.3 is 5.97 Å². The van der Waals surface area contributed by atoms with Crippen LogP contribution in [0.1, 0.15) is 24.8 Å². The van der Waals surface area contributed by atoms with Crippen molar-refractivity contribution in [2.24, 2.45) is 0 Å². The summed E-state index contributed by atoms with van der Waals surface area (Å²) in [4.78, 5) is 40.1. The van der Waals surface area contributed by atoms with E-state index < -0.39 is 17.9 Å². The van der Waals surface area contributed by atoms with Gasteiger partial charge in [0.25, 0.3) is 5.91 Å². The molecule has 2 heterocycles. The quantitative estimate of drug-likeness (QED) is 0.579. The predicted molar refractivity (Wildman–Crippen MR) is 108 cm³/mol. The molecule has 0 saturated heterocycles. The maximum absolute atomic E-state index is 12.7. The molecule has 1 aromatic carbocycles. The van der Waals surface area contributed by atoms with Crippen molar-refractivity contribution in [3.05, 3.63) is 45.1 Å². The van der Waals surface area contributed by atoms with Crippen LogP contribution in [0.15, 0.2) is 39.1 Å². The molecule has 0 saturated carbocycles. The summed E-state index contributed by atoms with van der Waals surface area (Å²) in [5.74, 6) is -1.30. The first-order chi connectivity index (χ1) is 13.9. The third kappa shape index (κ3) is 4.80. The van der Waals surface area contributed by atoms with Gasteiger partial charge < -0.3 is 19.6 Å². The number of fused-ring (bicyclic) bond motifs is 1. The highest BCUT2D eigenvalue weighted by Gasteiger charge is 2.19. The molecule has 0 aliphatic heterocycles. The van der Waals surface area contributed by atoms with Crippen LogP contribution in [-0.2, 0) is 9.59 Å². The highest BCUT2D eigenvalue weighted by atomic mass is 32.1. The van der Waals surface area contributed by atoms with E-state index in [2.05, 4.69) is 10.3 Å². The summed E-state index contributed by atoms with van der Waals surface area (Å²) in [5, 5.41) is 14.5. The average molecular weight is 416 g/mol. The zero-order valence-electron chi connectivity index (χ0n) is 15.9. The Kier molecular flexibility index (Phi) is 6.28. The molecule has 0 fully saturated rings. The van der Waals surface area contributed by atoms with Crippen LogP contribution in [0, 0.1) is 6.92 Å². The molecule has 0 radical (unpaired) electrons. The standard InChI is InChI=1S/C20H20N2O6S/c1-3-4-15(20(25)26)22-18(23)9-27-12-5-6-13-17(7-12)28-8-14(19(13)24)16-10-29-11(2)21-16/h5-8,10,15H,3-4,9H2,1-2H3,(H,22,23)(H,25,26)/t15-/m0/s1. The minimum atomic E-state index is -1.08. The molecule has 0 aliphatic carbocycles. The van der Waals surface area contributed by atoms with Crippen molar-refractivity contribution in [2.75, 3.05) is 6.61 Å². The van der Waals surface area contributed by atoms with Crippen LogP contribution in [-0.4, -0.2) is 34.6 Å². The second-order valence-corrected chi connectivity index (χ2v) is 7.49. The van der Waals surface area contributed by atoms with Crippen molar-refractivity contribution < 1.29 is 23.8 Å². The smallest absolute Gasteiger partial charge is 0.326 e. The third-order valence-electron chi connectivity index (χ3n) is 4.22. The molecule has 3 aromatic rings. The number of benzene rings is 1. The Balaban J connectivity index is 1.72. The molecule has 9 heteroatoms. The molecule has 1 atom stereocenters. The molecule has 152 valence electrons. The fourth-order valence-corrected chi connectivity index (χ4v) is 3.41. The summed E-state index contributed by atoms with van der Waals surface area (Å²) in [5.41, 5.74) is 1.06. The van der Waals surface area contributed by atoms with E-state index >= 15 is 0 Å². The van der Waals surface area contributed by atoms with Crippen LogP contribution in [0.5, 0.6) is 5.75 Å². The van der Waals surface area contributed by atoms with Gasteiger partial charge in [0.2, 0.25) is 5.43 Å². The summed E-state index contributed by atoms with van der Waals surface area (Å²) in [6.45, 7) is 3.35. The number of carboxylic acids is 1. The second kappa shape index (κ2) is 8.87. The Labute approximate surface area is 170 Å². The molecule has 8 nitrogen and oxygen atoms in total. The third-order valence-corrected chi connectivity index (χ3v) is 5.00. The number of carbonyl (C=O) groups is 2. The number of rotatable bonds is 8. The normalized spacial score (nSPS) is 11.9. The molecule has 0 bridgehead atoms. The Morgan fingerprint density at radius 3 is 2.83 bits per heavy atom. The molecule has 2 N–H and O–H groups in total. The zero-order chi connectivity index (χ0) is 21.0. The van der Waals surface area contributed by atoms with Gasteiger partial charge in [0.15, 0.2) is 6.61 Å². The number of aryl methyl sites for hydroxylation is 1. The lowest BCUT2D eigenvalue weighted by atomic mass is 10.1. The van der Waals surface area contributed by atoms with Gasteiger partial charge in [-0.05, 0) is 25.5 Å². The summed E-state index contributed by atoms with van der Waals surface area (Å²) >= 11 is 1.45. The Morgan fingerprint density at radius 1 is 1.38 bits per heavy atom. The van der Waals surface area contributed by atoms with Crippen molar-refractivity contribution in [1.82, 2.24) is 10.3 Å². The van der Waals surface area contributed by atoms with Crippen molar-refractivity contribution in [3.63, 3.8) is 0 Å². The lowest BCUT2D eigenvalue weighted by Gasteiger charge is -2.14. The number of nitrogens with zero attached hydrogens (tertiary/aromatic N) is 1. The van der Waals surface area contributed by atoms with Gasteiger partial charge in [0.05, 0.1) is 21.7 Å². The number of carboxylic acid groups (broad SMARTS) is 1. The number of nitrogens with one attached hydrogen (secondary N) is 1. The molecular formula is C20H20N2O6S. The summed E-state index contributed by atoms with van der Waals surface area (Å²) in [6.07, 6.45) is 2.32. The van der Waals surface area contributed by atoms with E-state index in [0.717, 1.165) is 5.01 Å². The van der Waals surface area contributed by atoms with Crippen molar-refractivity contribution in [3.8, 4) is 17.0 Å². The van der Waals surface area contributed by atoms with E-state index in [1.54, 1.807) is 17.5 Å². The van der Waals surface area contributed by atoms with E-state index in [1.807, 2.05) is 13.8 Å². The fourth-order valence-electron chi connectivity index (χ4n) is 2.79. The first-order valence-electron chi connectivity index (χ1n) is 9.02. The van der Waals surface area contributed by atoms with Gasteiger partial charge in [-0.1, -0.05) is 13.3 Å². The summed E-state index contributed by atoms with van der Waals surface area (Å²) < 4.78 is 11.0. The first-order valence-corrected chi connectivity index (χ1v) is 9.90. The van der Waals surface area contributed by atoms with Crippen molar-refractivity contribution >= 4 is 34.2 Å². The van der Waals surface area contributed by atoms with Crippen LogP contribution in [0.2, 0.25) is 0 Å². The molecule has 2 aromatic heterocycles. The van der Waals surface area contributed by atoms with Crippen LogP contribution < -0.4 is 15.5 Å². The lowest BCUT2D eigenvalue weighted by molar-refractivity contribution is -0.142. The molecule has 0 unspecified atom stereocenters. The van der Waals surface area contributed by atoms with Crippen LogP contribution in [0.4, 0.5) is 0 Å². The van der Waals surface area contributed by atoms with E-state index in [1.165, 1.54) is 23.7 Å². The molecule has 1 amide bonds.